The van der Waals surface area contributed by atoms with Crippen molar-refractivity contribution in [3.05, 3.63) is 23.8 Å². The third-order valence-electron chi connectivity index (χ3n) is 4.36. The van der Waals surface area contributed by atoms with Crippen LogP contribution in [0.15, 0.2) is 18.2 Å². The minimum atomic E-state index is -3.37. The number of nitrogens with zero attached hydrogens (tertiary/aromatic N) is 1. The van der Waals surface area contributed by atoms with Crippen molar-refractivity contribution in [3.63, 3.8) is 0 Å². The molecule has 1 amide bonds. The second kappa shape index (κ2) is 8.53. The Hall–Kier alpha value is -1.80. The molecule has 7 nitrogen and oxygen atoms in total. The Morgan fingerprint density at radius 3 is 2.40 bits per heavy atom. The van der Waals surface area contributed by atoms with E-state index in [0.717, 1.165) is 19.3 Å². The topological polar surface area (TPSA) is 84.9 Å². The molecular formula is C17H26N2O5S. The molecule has 0 aromatic heterocycles. The number of carbonyl (C=O) groups is 1. The van der Waals surface area contributed by atoms with Crippen molar-refractivity contribution in [2.75, 3.05) is 33.1 Å². The number of methoxy groups -OCH3 is 2. The quantitative estimate of drug-likeness (QED) is 0.789. The molecule has 0 saturated carbocycles. The first-order valence-electron chi connectivity index (χ1n) is 8.38. The number of rotatable bonds is 7. The second-order valence-electron chi connectivity index (χ2n) is 6.13. The molecule has 1 aromatic carbocycles. The van der Waals surface area contributed by atoms with E-state index in [1.165, 1.54) is 14.2 Å². The molecule has 1 N–H and O–H groups in total. The Kier molecular flexibility index (Phi) is 6.66. The van der Waals surface area contributed by atoms with Crippen molar-refractivity contribution in [3.8, 4) is 11.5 Å². The highest BCUT2D eigenvalue weighted by molar-refractivity contribution is 7.89. The van der Waals surface area contributed by atoms with Crippen LogP contribution < -0.4 is 14.8 Å². The maximum absolute atomic E-state index is 12.4. The minimum absolute atomic E-state index is 0.0251. The van der Waals surface area contributed by atoms with Gasteiger partial charge >= 0.3 is 0 Å². The largest absolute Gasteiger partial charge is 0.497 e. The summed E-state index contributed by atoms with van der Waals surface area (Å²) in [6.07, 6.45) is 2.83. The van der Waals surface area contributed by atoms with Gasteiger partial charge in [-0.3, -0.25) is 4.79 Å². The van der Waals surface area contributed by atoms with Gasteiger partial charge in [-0.05, 0) is 31.9 Å². The average Bonchev–Trinajstić information content (AvgIpc) is 2.61. The van der Waals surface area contributed by atoms with Crippen LogP contribution in [0.5, 0.6) is 11.5 Å². The third kappa shape index (κ3) is 5.09. The van der Waals surface area contributed by atoms with Crippen LogP contribution in [0.3, 0.4) is 0 Å². The Morgan fingerprint density at radius 1 is 1.20 bits per heavy atom. The summed E-state index contributed by atoms with van der Waals surface area (Å²) >= 11 is 0. The number of hydrogen-bond acceptors (Lipinski definition) is 5. The van der Waals surface area contributed by atoms with Gasteiger partial charge in [0, 0.05) is 30.8 Å². The van der Waals surface area contributed by atoms with Crippen molar-refractivity contribution < 1.29 is 22.7 Å². The van der Waals surface area contributed by atoms with Crippen molar-refractivity contribution in [2.45, 2.75) is 32.2 Å². The van der Waals surface area contributed by atoms with Crippen LogP contribution in [-0.4, -0.2) is 57.7 Å². The summed E-state index contributed by atoms with van der Waals surface area (Å²) in [5, 5.41) is 2.66. The van der Waals surface area contributed by atoms with Crippen molar-refractivity contribution in [1.82, 2.24) is 9.62 Å². The molecule has 0 bridgehead atoms. The van der Waals surface area contributed by atoms with Crippen LogP contribution in [0.4, 0.5) is 0 Å². The summed E-state index contributed by atoms with van der Waals surface area (Å²) < 4.78 is 36.7. The fourth-order valence-corrected chi connectivity index (χ4v) is 4.59. The predicted molar refractivity (Wildman–Crippen MR) is 95.7 cm³/mol. The first-order valence-corrected chi connectivity index (χ1v) is 9.99. The van der Waals surface area contributed by atoms with Crippen LogP contribution in [0.2, 0.25) is 0 Å². The van der Waals surface area contributed by atoms with Gasteiger partial charge in [0.05, 0.1) is 20.0 Å². The summed E-state index contributed by atoms with van der Waals surface area (Å²) in [6, 6.07) is 4.86. The monoisotopic (exact) mass is 370 g/mol. The standard InChI is InChI=1S/C17H26N2O5S/c1-13-6-4-5-8-19(13)25(21,22)9-7-18-17(20)14-10-15(23-2)12-16(11-14)24-3/h10-13H,4-9H2,1-3H3,(H,18,20)/t13-/m0/s1. The molecule has 2 rings (SSSR count). The Balaban J connectivity index is 1.96. The van der Waals surface area contributed by atoms with Crippen LogP contribution in [-0.2, 0) is 10.0 Å². The zero-order valence-corrected chi connectivity index (χ0v) is 15.8. The molecule has 1 aliphatic rings. The van der Waals surface area contributed by atoms with Gasteiger partial charge in [0.2, 0.25) is 10.0 Å². The van der Waals surface area contributed by atoms with Gasteiger partial charge in [0.25, 0.3) is 5.91 Å². The van der Waals surface area contributed by atoms with Gasteiger partial charge in [-0.1, -0.05) is 6.42 Å². The van der Waals surface area contributed by atoms with Gasteiger partial charge in [0.15, 0.2) is 0 Å². The average molecular weight is 370 g/mol. The third-order valence-corrected chi connectivity index (χ3v) is 6.34. The molecule has 0 spiro atoms. The van der Waals surface area contributed by atoms with E-state index in [2.05, 4.69) is 5.32 Å². The molecule has 0 unspecified atom stereocenters. The zero-order chi connectivity index (χ0) is 18.4. The maximum atomic E-state index is 12.4. The predicted octanol–water partition coefficient (Wildman–Crippen LogP) is 1.64. The highest BCUT2D eigenvalue weighted by atomic mass is 32.2. The number of piperidine rings is 1. The van der Waals surface area contributed by atoms with Crippen molar-refractivity contribution in [2.24, 2.45) is 0 Å². The lowest BCUT2D eigenvalue weighted by atomic mass is 10.1. The van der Waals surface area contributed by atoms with Crippen molar-refractivity contribution in [1.29, 1.82) is 0 Å². The molecule has 1 fully saturated rings. The summed E-state index contributed by atoms with van der Waals surface area (Å²) in [5.41, 5.74) is 0.361. The first kappa shape index (κ1) is 19.5. The van der Waals surface area contributed by atoms with E-state index in [0.29, 0.717) is 23.6 Å². The number of nitrogens with one attached hydrogen (secondary N) is 1. The van der Waals surface area contributed by atoms with Gasteiger partial charge in [-0.2, -0.15) is 4.31 Å². The highest BCUT2D eigenvalue weighted by Crippen LogP contribution is 2.22. The smallest absolute Gasteiger partial charge is 0.251 e. The van der Waals surface area contributed by atoms with E-state index in [9.17, 15) is 13.2 Å². The fourth-order valence-electron chi connectivity index (χ4n) is 2.94. The fraction of sp³-hybridized carbons (Fsp3) is 0.588. The molecule has 1 aromatic rings. The molecule has 1 atom stereocenters. The summed E-state index contributed by atoms with van der Waals surface area (Å²) in [5.74, 6) is 0.530. The number of sulfonamides is 1. The molecule has 1 heterocycles. The van der Waals surface area contributed by atoms with Gasteiger partial charge < -0.3 is 14.8 Å². The zero-order valence-electron chi connectivity index (χ0n) is 14.9. The molecule has 1 aliphatic heterocycles. The van der Waals surface area contributed by atoms with E-state index < -0.39 is 10.0 Å². The van der Waals surface area contributed by atoms with Crippen LogP contribution in [0, 0.1) is 0 Å². The lowest BCUT2D eigenvalue weighted by molar-refractivity contribution is 0.0955. The lowest BCUT2D eigenvalue weighted by Gasteiger charge is -2.32. The van der Waals surface area contributed by atoms with Crippen LogP contribution in [0.25, 0.3) is 0 Å². The first-order chi connectivity index (χ1) is 11.9. The van der Waals surface area contributed by atoms with E-state index in [-0.39, 0.29) is 24.2 Å². The molecular weight excluding hydrogens is 344 g/mol. The maximum Gasteiger partial charge on any atom is 0.251 e. The van der Waals surface area contributed by atoms with Gasteiger partial charge in [-0.25, -0.2) is 8.42 Å². The summed E-state index contributed by atoms with van der Waals surface area (Å²) in [4.78, 5) is 12.3. The number of amides is 1. The number of benzene rings is 1. The Labute approximate surface area is 149 Å². The number of carbonyl (C=O) groups excluding carboxylic acids is 1. The highest BCUT2D eigenvalue weighted by Gasteiger charge is 2.29. The van der Waals surface area contributed by atoms with E-state index in [1.807, 2.05) is 6.92 Å². The second-order valence-corrected chi connectivity index (χ2v) is 8.17. The van der Waals surface area contributed by atoms with Crippen LogP contribution in [0.1, 0.15) is 36.5 Å². The van der Waals surface area contributed by atoms with E-state index in [4.69, 9.17) is 9.47 Å². The normalized spacial score (nSPS) is 18.6. The molecule has 0 aliphatic carbocycles. The molecule has 1 saturated heterocycles. The molecule has 0 radical (unpaired) electrons. The van der Waals surface area contributed by atoms with Crippen LogP contribution >= 0.6 is 0 Å². The van der Waals surface area contributed by atoms with E-state index >= 15 is 0 Å². The van der Waals surface area contributed by atoms with Crippen molar-refractivity contribution >= 4 is 15.9 Å². The number of ether oxygens (including phenoxy) is 2. The Morgan fingerprint density at radius 2 is 1.84 bits per heavy atom. The van der Waals surface area contributed by atoms with Gasteiger partial charge in [0.1, 0.15) is 11.5 Å². The van der Waals surface area contributed by atoms with E-state index in [1.54, 1.807) is 22.5 Å². The molecule has 8 heteroatoms. The molecule has 140 valence electrons. The minimum Gasteiger partial charge on any atom is -0.497 e. The summed E-state index contributed by atoms with van der Waals surface area (Å²) in [7, 11) is -0.361. The Bertz CT molecular complexity index is 683. The lowest BCUT2D eigenvalue weighted by Crippen LogP contribution is -2.45. The number of hydrogen-bond donors (Lipinski definition) is 1. The summed E-state index contributed by atoms with van der Waals surface area (Å²) in [6.45, 7) is 2.55. The SMILES string of the molecule is COc1cc(OC)cc(C(=O)NCCS(=O)(=O)N2CCCC[C@@H]2C)c1. The van der Waals surface area contributed by atoms with Gasteiger partial charge in [-0.15, -0.1) is 0 Å². The molecule has 25 heavy (non-hydrogen) atoms.